The molecule has 0 rings (SSSR count). The monoisotopic (exact) mass is 835 g/mol. The van der Waals surface area contributed by atoms with E-state index in [0.29, 0.717) is 13.0 Å². The highest BCUT2D eigenvalue weighted by Crippen LogP contribution is 2.43. The second kappa shape index (κ2) is 44.2. The van der Waals surface area contributed by atoms with Gasteiger partial charge in [-0.1, -0.05) is 157 Å². The molecule has 0 aliphatic carbocycles. The number of carbonyl (C=O) groups is 1. The van der Waals surface area contributed by atoms with E-state index in [1.165, 1.54) is 51.4 Å². The molecule has 0 saturated carbocycles. The lowest BCUT2D eigenvalue weighted by Crippen LogP contribution is -2.29. The van der Waals surface area contributed by atoms with E-state index in [1.54, 1.807) is 0 Å². The highest BCUT2D eigenvalue weighted by atomic mass is 31.2. The molecule has 0 fully saturated rings. The van der Waals surface area contributed by atoms with Crippen LogP contribution in [0.5, 0.6) is 0 Å². The number of esters is 1. The molecule has 0 radical (unpaired) electrons. The van der Waals surface area contributed by atoms with Crippen molar-refractivity contribution < 1.29 is 43.0 Å². The van der Waals surface area contributed by atoms with Crippen molar-refractivity contribution >= 4 is 13.8 Å². The molecule has 0 spiro atoms. The molecule has 334 valence electrons. The number of phosphoric ester groups is 1. The fourth-order valence-corrected chi connectivity index (χ4v) is 6.44. The van der Waals surface area contributed by atoms with E-state index in [9.17, 15) is 19.4 Å². The average molecular weight is 835 g/mol. The van der Waals surface area contributed by atoms with Gasteiger partial charge in [0.05, 0.1) is 26.4 Å². The summed E-state index contributed by atoms with van der Waals surface area (Å²) in [6, 6.07) is 0. The number of carbonyl (C=O) groups excluding carboxylic acids is 1. The summed E-state index contributed by atoms with van der Waals surface area (Å²) in [5.74, 6) is -0.412. The maximum absolute atomic E-state index is 12.6. The fourth-order valence-electron chi connectivity index (χ4n) is 5.65. The Bertz CT molecular complexity index is 1170. The number of ether oxygens (including phenoxy) is 2. The third-order valence-corrected chi connectivity index (χ3v) is 10.0. The minimum Gasteiger partial charge on any atom is -0.457 e. The summed E-state index contributed by atoms with van der Waals surface area (Å²) in [6.07, 6.45) is 53.9. The van der Waals surface area contributed by atoms with Gasteiger partial charge in [0.15, 0.2) is 0 Å². The zero-order valence-electron chi connectivity index (χ0n) is 36.5. The van der Waals surface area contributed by atoms with Gasteiger partial charge in [0.2, 0.25) is 0 Å². The molecule has 0 amide bonds. The Morgan fingerprint density at radius 1 is 0.552 bits per heavy atom. The highest BCUT2D eigenvalue weighted by molar-refractivity contribution is 7.47. The normalized spacial score (nSPS) is 14.8. The lowest BCUT2D eigenvalue weighted by molar-refractivity contribution is -0.154. The summed E-state index contributed by atoms with van der Waals surface area (Å²) < 4.78 is 33.4. The molecular formula is C48H83O9P. The number of allylic oxidation sites excluding steroid dienone is 14. The van der Waals surface area contributed by atoms with Crippen LogP contribution in [0.4, 0.5) is 0 Å². The number of rotatable bonds is 42. The van der Waals surface area contributed by atoms with Crippen molar-refractivity contribution in [2.45, 2.75) is 180 Å². The Morgan fingerprint density at radius 2 is 0.983 bits per heavy atom. The third kappa shape index (κ3) is 43.2. The molecule has 10 heteroatoms. The lowest BCUT2D eigenvalue weighted by Gasteiger charge is -2.20. The summed E-state index contributed by atoms with van der Waals surface area (Å²) in [4.78, 5) is 22.6. The van der Waals surface area contributed by atoms with E-state index in [0.717, 1.165) is 89.9 Å². The maximum Gasteiger partial charge on any atom is 0.472 e. The van der Waals surface area contributed by atoms with Gasteiger partial charge in [-0.05, 0) is 89.9 Å². The lowest BCUT2D eigenvalue weighted by atomic mass is 10.1. The second-order valence-electron chi connectivity index (χ2n) is 14.7. The molecule has 0 heterocycles. The molecule has 3 atom stereocenters. The summed E-state index contributed by atoms with van der Waals surface area (Å²) in [5.41, 5.74) is 0. The van der Waals surface area contributed by atoms with Gasteiger partial charge in [-0.15, -0.1) is 0 Å². The summed E-state index contributed by atoms with van der Waals surface area (Å²) in [6.45, 7) is 3.32. The van der Waals surface area contributed by atoms with E-state index >= 15 is 0 Å². The van der Waals surface area contributed by atoms with Crippen LogP contribution >= 0.6 is 7.82 Å². The van der Waals surface area contributed by atoms with Crippen molar-refractivity contribution in [3.05, 3.63) is 85.1 Å². The first-order valence-corrected chi connectivity index (χ1v) is 24.1. The SMILES string of the molecule is CC/C=C\C/C=C\C/C=C\C/C=C\C/C=C\C/C=C\CCCCCCC(=O)OC(COCCCCCCCC/C=C\CCCCCC)COP(=O)(O)OCC(O)CO. The summed E-state index contributed by atoms with van der Waals surface area (Å²) in [5, 5.41) is 18.4. The van der Waals surface area contributed by atoms with Crippen molar-refractivity contribution in [2.24, 2.45) is 0 Å². The Balaban J connectivity index is 4.23. The first-order chi connectivity index (χ1) is 28.3. The number of phosphoric acid groups is 1. The van der Waals surface area contributed by atoms with Gasteiger partial charge >= 0.3 is 13.8 Å². The molecule has 9 nitrogen and oxygen atoms in total. The fraction of sp³-hybridized carbons (Fsp3) is 0.688. The van der Waals surface area contributed by atoms with Crippen LogP contribution in [0.25, 0.3) is 0 Å². The molecule has 3 N–H and O–H groups in total. The van der Waals surface area contributed by atoms with Crippen LogP contribution in [0, 0.1) is 0 Å². The molecule has 3 unspecified atom stereocenters. The minimum absolute atomic E-state index is 0.0295. The van der Waals surface area contributed by atoms with Crippen LogP contribution in [0.1, 0.15) is 168 Å². The van der Waals surface area contributed by atoms with Gasteiger partial charge in [0.25, 0.3) is 0 Å². The second-order valence-corrected chi connectivity index (χ2v) is 16.1. The van der Waals surface area contributed by atoms with Gasteiger partial charge in [-0.25, -0.2) is 4.57 Å². The van der Waals surface area contributed by atoms with E-state index in [-0.39, 0.29) is 13.0 Å². The summed E-state index contributed by atoms with van der Waals surface area (Å²) >= 11 is 0. The highest BCUT2D eigenvalue weighted by Gasteiger charge is 2.26. The van der Waals surface area contributed by atoms with E-state index < -0.39 is 45.8 Å². The molecule has 0 aliphatic heterocycles. The minimum atomic E-state index is -4.53. The Hall–Kier alpha value is -2.36. The number of aliphatic hydroxyl groups excluding tert-OH is 2. The van der Waals surface area contributed by atoms with Gasteiger partial charge in [0.1, 0.15) is 12.2 Å². The molecule has 0 aromatic carbocycles. The number of hydrogen-bond acceptors (Lipinski definition) is 8. The largest absolute Gasteiger partial charge is 0.472 e. The first kappa shape index (κ1) is 55.6. The molecule has 0 saturated heterocycles. The topological polar surface area (TPSA) is 132 Å². The van der Waals surface area contributed by atoms with Gasteiger partial charge in [-0.2, -0.15) is 0 Å². The Kier molecular flexibility index (Phi) is 42.4. The zero-order chi connectivity index (χ0) is 42.5. The molecule has 0 aromatic heterocycles. The quantitative estimate of drug-likeness (QED) is 0.0238. The molecule has 0 bridgehead atoms. The Morgan fingerprint density at radius 3 is 1.50 bits per heavy atom. The van der Waals surface area contributed by atoms with Crippen LogP contribution < -0.4 is 0 Å². The predicted octanol–water partition coefficient (Wildman–Crippen LogP) is 12.7. The summed E-state index contributed by atoms with van der Waals surface area (Å²) in [7, 11) is -4.53. The predicted molar refractivity (Wildman–Crippen MR) is 242 cm³/mol. The molecular weight excluding hydrogens is 751 g/mol. The van der Waals surface area contributed by atoms with Crippen molar-refractivity contribution in [2.75, 3.05) is 33.0 Å². The van der Waals surface area contributed by atoms with Gasteiger partial charge in [-0.3, -0.25) is 13.8 Å². The average Bonchev–Trinajstić information content (AvgIpc) is 3.21. The van der Waals surface area contributed by atoms with E-state index in [2.05, 4.69) is 98.9 Å². The van der Waals surface area contributed by atoms with Crippen LogP contribution in [0.15, 0.2) is 85.1 Å². The molecule has 0 aromatic rings. The van der Waals surface area contributed by atoms with Crippen molar-refractivity contribution in [1.82, 2.24) is 0 Å². The van der Waals surface area contributed by atoms with Gasteiger partial charge < -0.3 is 24.6 Å². The third-order valence-electron chi connectivity index (χ3n) is 9.06. The van der Waals surface area contributed by atoms with Crippen LogP contribution in [-0.2, 0) is 27.9 Å². The van der Waals surface area contributed by atoms with Crippen molar-refractivity contribution in [3.8, 4) is 0 Å². The first-order valence-electron chi connectivity index (χ1n) is 22.6. The van der Waals surface area contributed by atoms with Crippen LogP contribution in [0.2, 0.25) is 0 Å². The van der Waals surface area contributed by atoms with E-state index in [1.807, 2.05) is 0 Å². The molecule has 0 aliphatic rings. The number of hydrogen-bond donors (Lipinski definition) is 3. The van der Waals surface area contributed by atoms with E-state index in [4.69, 9.17) is 23.6 Å². The van der Waals surface area contributed by atoms with Crippen LogP contribution in [-0.4, -0.2) is 66.3 Å². The number of aliphatic hydroxyl groups is 2. The van der Waals surface area contributed by atoms with Crippen LogP contribution in [0.3, 0.4) is 0 Å². The smallest absolute Gasteiger partial charge is 0.457 e. The van der Waals surface area contributed by atoms with Crippen molar-refractivity contribution in [3.63, 3.8) is 0 Å². The standard InChI is InChI=1S/C48H83O9P/c1-3-5-7-9-11-13-15-17-19-20-21-22-23-24-25-26-27-28-30-32-34-36-38-40-48(51)57-47(45-56-58(52,53)55-43-46(50)42-49)44-54-41-39-37-35-33-31-29-18-16-14-12-10-8-6-4-2/h5,7,11,13-14,16-17,19,21-22,24-25,27-28,46-47,49-50H,3-4,6,8-10,12,15,18,20,23,26,29-45H2,1-2H3,(H,52,53)/b7-5-,13-11-,16-14-,19-17-,22-21-,25-24-,28-27-. The van der Waals surface area contributed by atoms with Gasteiger partial charge in [0, 0.05) is 13.0 Å². The molecule has 58 heavy (non-hydrogen) atoms. The maximum atomic E-state index is 12.6. The zero-order valence-corrected chi connectivity index (χ0v) is 37.4. The number of unbranched alkanes of at least 4 members (excludes halogenated alkanes) is 14. The van der Waals surface area contributed by atoms with Crippen molar-refractivity contribution in [1.29, 1.82) is 0 Å². The Labute approximate surface area is 354 Å².